The Labute approximate surface area is 180 Å². The number of imidazole rings is 1. The van der Waals surface area contributed by atoms with Crippen molar-refractivity contribution < 1.29 is 4.79 Å². The second-order valence-electron chi connectivity index (χ2n) is 11.6. The molecule has 1 aromatic carbocycles. The minimum Gasteiger partial charge on any atom is -0.342 e. The topological polar surface area (TPSA) is 45.8 Å². The van der Waals surface area contributed by atoms with Gasteiger partial charge in [-0.25, -0.2) is 4.98 Å². The molecule has 0 unspecified atom stereocenters. The van der Waals surface area contributed by atoms with E-state index in [1.54, 1.807) is 0 Å². The van der Waals surface area contributed by atoms with Crippen molar-refractivity contribution in [2.75, 3.05) is 0 Å². The highest BCUT2D eigenvalue weighted by molar-refractivity contribution is 5.83. The van der Waals surface area contributed by atoms with Gasteiger partial charge in [-0.1, -0.05) is 38.2 Å². The van der Waals surface area contributed by atoms with E-state index in [0.29, 0.717) is 17.6 Å². The number of hydrogen-bond acceptors (Lipinski definition) is 2. The molecule has 3 heteroatoms. The van der Waals surface area contributed by atoms with Gasteiger partial charge in [0, 0.05) is 19.3 Å². The van der Waals surface area contributed by atoms with Gasteiger partial charge in [0.25, 0.3) is 0 Å². The number of carbonyl (C=O) groups is 1. The molecule has 0 spiro atoms. The van der Waals surface area contributed by atoms with E-state index in [-0.39, 0.29) is 0 Å². The lowest BCUT2D eigenvalue weighted by atomic mass is 9.48. The maximum absolute atomic E-state index is 13.1. The fourth-order valence-electron chi connectivity index (χ4n) is 8.20. The summed E-state index contributed by atoms with van der Waals surface area (Å²) in [5, 5.41) is 0. The summed E-state index contributed by atoms with van der Waals surface area (Å²) in [4.78, 5) is 21.5. The Balaban J connectivity index is 1.12. The molecular formula is C27H36N2O. The second kappa shape index (κ2) is 7.50. The highest BCUT2D eigenvalue weighted by Crippen LogP contribution is 2.61. The molecule has 5 fully saturated rings. The predicted octanol–water partition coefficient (Wildman–Crippen LogP) is 6.40. The van der Waals surface area contributed by atoms with Crippen LogP contribution in [0.5, 0.6) is 0 Å². The average molecular weight is 405 g/mol. The first-order valence-corrected chi connectivity index (χ1v) is 12.6. The summed E-state index contributed by atoms with van der Waals surface area (Å²) < 4.78 is 0. The van der Waals surface area contributed by atoms with Crippen molar-refractivity contribution in [3.05, 3.63) is 29.6 Å². The first-order chi connectivity index (χ1) is 14.6. The van der Waals surface area contributed by atoms with E-state index in [0.717, 1.165) is 58.9 Å². The van der Waals surface area contributed by atoms with Gasteiger partial charge in [0.2, 0.25) is 0 Å². The quantitative estimate of drug-likeness (QED) is 0.605. The summed E-state index contributed by atoms with van der Waals surface area (Å²) in [7, 11) is 0. The van der Waals surface area contributed by atoms with Gasteiger partial charge in [-0.2, -0.15) is 0 Å². The zero-order valence-corrected chi connectivity index (χ0v) is 18.3. The van der Waals surface area contributed by atoms with E-state index in [1.807, 2.05) is 0 Å². The molecule has 0 saturated heterocycles. The SMILES string of the molecule is O=C(Cc1ccc2nc(CC3CCCCC3)[nH]c2c1)CC12CC3CC(CC(C3)C1)C2. The Bertz CT molecular complexity index is 900. The largest absolute Gasteiger partial charge is 0.342 e. The number of ketones is 1. The van der Waals surface area contributed by atoms with Crippen molar-refractivity contribution in [2.45, 2.75) is 89.9 Å². The third-order valence-corrected chi connectivity index (χ3v) is 8.94. The minimum atomic E-state index is 0.358. The molecule has 0 atom stereocenters. The van der Waals surface area contributed by atoms with Crippen molar-refractivity contribution in [3.63, 3.8) is 0 Å². The highest BCUT2D eigenvalue weighted by atomic mass is 16.1. The molecule has 1 aromatic heterocycles. The van der Waals surface area contributed by atoms with Crippen molar-refractivity contribution in [1.82, 2.24) is 9.97 Å². The van der Waals surface area contributed by atoms with Crippen LogP contribution in [0.1, 0.15) is 88.4 Å². The smallest absolute Gasteiger partial charge is 0.137 e. The summed E-state index contributed by atoms with van der Waals surface area (Å²) in [5.74, 6) is 5.15. The van der Waals surface area contributed by atoms with Gasteiger partial charge in [-0.05, 0) is 85.3 Å². The molecule has 4 bridgehead atoms. The van der Waals surface area contributed by atoms with E-state index >= 15 is 0 Å². The number of Topliss-reactive ketones (excluding diaryl/α,β-unsaturated/α-hetero) is 1. The average Bonchev–Trinajstić information content (AvgIpc) is 3.08. The molecule has 5 aliphatic carbocycles. The summed E-state index contributed by atoms with van der Waals surface area (Å²) in [6.07, 6.45) is 17.7. The number of benzene rings is 1. The van der Waals surface area contributed by atoms with E-state index in [4.69, 9.17) is 4.98 Å². The summed E-state index contributed by atoms with van der Waals surface area (Å²) in [6.45, 7) is 0. The van der Waals surface area contributed by atoms with Crippen molar-refractivity contribution in [3.8, 4) is 0 Å². The maximum Gasteiger partial charge on any atom is 0.137 e. The lowest BCUT2D eigenvalue weighted by Crippen LogP contribution is -2.47. The third-order valence-electron chi connectivity index (χ3n) is 8.94. The van der Waals surface area contributed by atoms with E-state index in [9.17, 15) is 4.79 Å². The number of aromatic nitrogens is 2. The predicted molar refractivity (Wildman–Crippen MR) is 120 cm³/mol. The summed E-state index contributed by atoms with van der Waals surface area (Å²) in [5.41, 5.74) is 3.68. The Hall–Kier alpha value is -1.64. The fourth-order valence-corrected chi connectivity index (χ4v) is 8.20. The number of aromatic amines is 1. The first-order valence-electron chi connectivity index (χ1n) is 12.6. The summed E-state index contributed by atoms with van der Waals surface area (Å²) in [6, 6.07) is 6.43. The minimum absolute atomic E-state index is 0.358. The maximum atomic E-state index is 13.1. The molecule has 2 aromatic rings. The van der Waals surface area contributed by atoms with E-state index in [2.05, 4.69) is 23.2 Å². The van der Waals surface area contributed by atoms with Gasteiger partial charge < -0.3 is 4.98 Å². The van der Waals surface area contributed by atoms with Gasteiger partial charge in [0.1, 0.15) is 11.6 Å². The van der Waals surface area contributed by atoms with Crippen LogP contribution in [0.15, 0.2) is 18.2 Å². The number of nitrogens with one attached hydrogen (secondary N) is 1. The Kier molecular flexibility index (Phi) is 4.77. The number of rotatable bonds is 6. The van der Waals surface area contributed by atoms with Crippen LogP contribution >= 0.6 is 0 Å². The third kappa shape index (κ3) is 3.74. The number of nitrogens with zero attached hydrogens (tertiary/aromatic N) is 1. The monoisotopic (exact) mass is 404 g/mol. The van der Waals surface area contributed by atoms with Gasteiger partial charge in [0.05, 0.1) is 11.0 Å². The molecule has 0 amide bonds. The molecule has 160 valence electrons. The number of carbonyl (C=O) groups excluding carboxylic acids is 1. The van der Waals surface area contributed by atoms with Crippen molar-refractivity contribution in [1.29, 1.82) is 0 Å². The van der Waals surface area contributed by atoms with E-state index in [1.165, 1.54) is 70.6 Å². The van der Waals surface area contributed by atoms with Gasteiger partial charge in [-0.3, -0.25) is 4.79 Å². The molecule has 1 heterocycles. The summed E-state index contributed by atoms with van der Waals surface area (Å²) >= 11 is 0. The van der Waals surface area contributed by atoms with Crippen LogP contribution in [0, 0.1) is 29.1 Å². The van der Waals surface area contributed by atoms with Gasteiger partial charge in [0.15, 0.2) is 0 Å². The van der Waals surface area contributed by atoms with Crippen LogP contribution in [0.4, 0.5) is 0 Å². The molecule has 5 saturated carbocycles. The molecule has 0 radical (unpaired) electrons. The van der Waals surface area contributed by atoms with Crippen molar-refractivity contribution >= 4 is 16.8 Å². The number of H-pyrrole nitrogens is 1. The molecular weight excluding hydrogens is 368 g/mol. The molecule has 0 aliphatic heterocycles. The Morgan fingerprint density at radius 1 is 1.00 bits per heavy atom. The van der Waals surface area contributed by atoms with Crippen LogP contribution in [0.3, 0.4) is 0 Å². The van der Waals surface area contributed by atoms with E-state index < -0.39 is 0 Å². The Morgan fingerprint density at radius 2 is 1.70 bits per heavy atom. The van der Waals surface area contributed by atoms with Crippen LogP contribution in [0.2, 0.25) is 0 Å². The second-order valence-corrected chi connectivity index (χ2v) is 11.6. The molecule has 3 nitrogen and oxygen atoms in total. The number of fused-ring (bicyclic) bond motifs is 1. The van der Waals surface area contributed by atoms with Crippen LogP contribution in [-0.4, -0.2) is 15.8 Å². The molecule has 1 N–H and O–H groups in total. The van der Waals surface area contributed by atoms with Crippen LogP contribution < -0.4 is 0 Å². The first kappa shape index (κ1) is 19.1. The zero-order chi connectivity index (χ0) is 20.1. The lowest BCUT2D eigenvalue weighted by molar-refractivity contribution is -0.126. The molecule has 7 rings (SSSR count). The van der Waals surface area contributed by atoms with Crippen molar-refractivity contribution in [2.24, 2.45) is 29.1 Å². The normalized spacial score (nSPS) is 33.4. The molecule has 5 aliphatic rings. The highest BCUT2D eigenvalue weighted by Gasteiger charge is 2.51. The Morgan fingerprint density at radius 3 is 2.40 bits per heavy atom. The van der Waals surface area contributed by atoms with Gasteiger partial charge >= 0.3 is 0 Å². The lowest BCUT2D eigenvalue weighted by Gasteiger charge is -2.56. The zero-order valence-electron chi connectivity index (χ0n) is 18.3. The van der Waals surface area contributed by atoms with Crippen LogP contribution in [0.25, 0.3) is 11.0 Å². The standard InChI is InChI=1S/C27H36N2O/c30-23(17-27-14-20-8-21(15-27)10-22(9-20)16-27)11-19-6-7-24-25(12-19)29-26(28-24)13-18-4-2-1-3-5-18/h6-7,12,18,20-22H,1-5,8-11,13-17H2,(H,28,29). The van der Waals surface area contributed by atoms with Crippen LogP contribution in [-0.2, 0) is 17.6 Å². The molecule has 30 heavy (non-hydrogen) atoms. The number of hydrogen-bond donors (Lipinski definition) is 1. The van der Waals surface area contributed by atoms with Gasteiger partial charge in [-0.15, -0.1) is 0 Å². The fraction of sp³-hybridized carbons (Fsp3) is 0.704.